The molecule has 1 aliphatic rings. The van der Waals surface area contributed by atoms with E-state index in [2.05, 4.69) is 0 Å². The molecule has 0 unspecified atom stereocenters. The summed E-state index contributed by atoms with van der Waals surface area (Å²) in [7, 11) is 0. The van der Waals surface area contributed by atoms with E-state index in [0.29, 0.717) is 0 Å². The fraction of sp³-hybridized carbons (Fsp3) is 1.00. The number of hydrogen-bond donors (Lipinski definition) is 3. The minimum absolute atomic E-state index is 0.0191. The molecule has 0 aromatic rings. The molecule has 3 heteroatoms. The van der Waals surface area contributed by atoms with Crippen LogP contribution >= 0.6 is 0 Å². The van der Waals surface area contributed by atoms with E-state index in [-0.39, 0.29) is 18.4 Å². The quantitative estimate of drug-likeness (QED) is 0.522. The first-order valence-electron chi connectivity index (χ1n) is 4.17. The van der Waals surface area contributed by atoms with Gasteiger partial charge in [-0.25, -0.2) is 0 Å². The summed E-state index contributed by atoms with van der Waals surface area (Å²) in [5.74, 6) is 0.0529. The number of aliphatic hydroxyl groups is 3. The smallest absolute Gasteiger partial charge is 0.0851 e. The molecule has 3 nitrogen and oxygen atoms in total. The van der Waals surface area contributed by atoms with Crippen LogP contribution in [0.25, 0.3) is 0 Å². The molecule has 0 radical (unpaired) electrons. The molecule has 0 aromatic heterocycles. The Morgan fingerprint density at radius 1 is 1.18 bits per heavy atom. The average Bonchev–Trinajstić information content (AvgIpc) is 2.30. The summed E-state index contributed by atoms with van der Waals surface area (Å²) in [6.45, 7) is 1.97. The normalized spacial score (nSPS) is 44.7. The van der Waals surface area contributed by atoms with Crippen LogP contribution in [0.4, 0.5) is 0 Å². The fourth-order valence-electron chi connectivity index (χ4n) is 1.82. The Kier molecular flexibility index (Phi) is 2.87. The van der Waals surface area contributed by atoms with Crippen molar-refractivity contribution >= 4 is 0 Å². The summed E-state index contributed by atoms with van der Waals surface area (Å²) in [6, 6.07) is 0. The van der Waals surface area contributed by atoms with Gasteiger partial charge in [0, 0.05) is 12.5 Å². The predicted octanol–water partition coefficient (Wildman–Crippen LogP) is -0.253. The zero-order chi connectivity index (χ0) is 8.43. The van der Waals surface area contributed by atoms with E-state index in [9.17, 15) is 10.2 Å². The van der Waals surface area contributed by atoms with Gasteiger partial charge < -0.3 is 15.3 Å². The van der Waals surface area contributed by atoms with Crippen molar-refractivity contribution in [1.29, 1.82) is 0 Å². The lowest BCUT2D eigenvalue weighted by Crippen LogP contribution is -2.29. The van der Waals surface area contributed by atoms with Crippen LogP contribution in [0.2, 0.25) is 0 Å². The van der Waals surface area contributed by atoms with Crippen LogP contribution in [0.15, 0.2) is 0 Å². The SMILES string of the molecule is CC[C@@H]1C[C@H](CO)[C@@H](O)[C@H]1O. The molecule has 0 saturated heterocycles. The Morgan fingerprint density at radius 2 is 1.73 bits per heavy atom. The monoisotopic (exact) mass is 160 g/mol. The lowest BCUT2D eigenvalue weighted by Gasteiger charge is -2.14. The lowest BCUT2D eigenvalue weighted by molar-refractivity contribution is -0.00627. The number of hydrogen-bond acceptors (Lipinski definition) is 3. The summed E-state index contributed by atoms with van der Waals surface area (Å²) in [5.41, 5.74) is 0. The van der Waals surface area contributed by atoms with E-state index in [1.54, 1.807) is 0 Å². The summed E-state index contributed by atoms with van der Waals surface area (Å²) in [5, 5.41) is 27.5. The largest absolute Gasteiger partial charge is 0.396 e. The molecular weight excluding hydrogens is 144 g/mol. The third kappa shape index (κ3) is 1.55. The Balaban J connectivity index is 2.53. The van der Waals surface area contributed by atoms with Crippen LogP contribution in [0.1, 0.15) is 19.8 Å². The van der Waals surface area contributed by atoms with Crippen molar-refractivity contribution in [3.63, 3.8) is 0 Å². The Hall–Kier alpha value is -0.120. The summed E-state index contributed by atoms with van der Waals surface area (Å²) >= 11 is 0. The van der Waals surface area contributed by atoms with E-state index >= 15 is 0 Å². The highest BCUT2D eigenvalue weighted by molar-refractivity contribution is 4.89. The molecule has 4 atom stereocenters. The number of rotatable bonds is 2. The van der Waals surface area contributed by atoms with E-state index in [0.717, 1.165) is 12.8 Å². The molecule has 11 heavy (non-hydrogen) atoms. The van der Waals surface area contributed by atoms with E-state index in [1.807, 2.05) is 6.92 Å². The first-order valence-corrected chi connectivity index (χ1v) is 4.17. The van der Waals surface area contributed by atoms with Crippen molar-refractivity contribution in [1.82, 2.24) is 0 Å². The van der Waals surface area contributed by atoms with Crippen molar-refractivity contribution in [2.24, 2.45) is 11.8 Å². The molecule has 0 spiro atoms. The molecule has 1 aliphatic carbocycles. The molecule has 66 valence electrons. The van der Waals surface area contributed by atoms with Gasteiger partial charge in [-0.3, -0.25) is 0 Å². The predicted molar refractivity (Wildman–Crippen MR) is 41.0 cm³/mol. The van der Waals surface area contributed by atoms with Crippen molar-refractivity contribution < 1.29 is 15.3 Å². The van der Waals surface area contributed by atoms with Crippen molar-refractivity contribution in [3.05, 3.63) is 0 Å². The van der Waals surface area contributed by atoms with Gasteiger partial charge in [0.2, 0.25) is 0 Å². The van der Waals surface area contributed by atoms with Gasteiger partial charge in [-0.05, 0) is 12.3 Å². The van der Waals surface area contributed by atoms with Crippen LogP contribution in [-0.4, -0.2) is 34.1 Å². The average molecular weight is 160 g/mol. The molecule has 0 aliphatic heterocycles. The van der Waals surface area contributed by atoms with E-state index in [4.69, 9.17) is 5.11 Å². The second kappa shape index (κ2) is 3.52. The van der Waals surface area contributed by atoms with Crippen LogP contribution < -0.4 is 0 Å². The maximum Gasteiger partial charge on any atom is 0.0851 e. The van der Waals surface area contributed by atoms with E-state index < -0.39 is 12.2 Å². The Morgan fingerprint density at radius 3 is 2.00 bits per heavy atom. The standard InChI is InChI=1S/C8H16O3/c1-2-5-3-6(4-9)8(11)7(5)10/h5-11H,2-4H2,1H3/t5-,6-,7+,8-/m1/s1. The number of aliphatic hydroxyl groups excluding tert-OH is 3. The summed E-state index contributed by atoms with van der Waals surface area (Å²) < 4.78 is 0. The molecule has 0 heterocycles. The summed E-state index contributed by atoms with van der Waals surface area (Å²) in [4.78, 5) is 0. The molecule has 1 saturated carbocycles. The van der Waals surface area contributed by atoms with Crippen molar-refractivity contribution in [2.45, 2.75) is 32.0 Å². The Bertz CT molecular complexity index is 109. The summed E-state index contributed by atoms with van der Waals surface area (Å²) in [6.07, 6.45) is 0.270. The van der Waals surface area contributed by atoms with Gasteiger partial charge in [-0.1, -0.05) is 13.3 Å². The molecule has 1 fully saturated rings. The zero-order valence-corrected chi connectivity index (χ0v) is 6.77. The minimum Gasteiger partial charge on any atom is -0.396 e. The molecule has 0 aromatic carbocycles. The van der Waals surface area contributed by atoms with Crippen LogP contribution in [-0.2, 0) is 0 Å². The van der Waals surface area contributed by atoms with Crippen molar-refractivity contribution in [2.75, 3.05) is 6.61 Å². The first kappa shape index (κ1) is 8.97. The van der Waals surface area contributed by atoms with Gasteiger partial charge in [0.15, 0.2) is 0 Å². The van der Waals surface area contributed by atoms with Gasteiger partial charge in [0.05, 0.1) is 12.2 Å². The van der Waals surface area contributed by atoms with Gasteiger partial charge in [0.1, 0.15) is 0 Å². The van der Waals surface area contributed by atoms with Crippen molar-refractivity contribution in [3.8, 4) is 0 Å². The zero-order valence-electron chi connectivity index (χ0n) is 6.77. The third-order valence-corrected chi connectivity index (χ3v) is 2.68. The third-order valence-electron chi connectivity index (χ3n) is 2.68. The molecular formula is C8H16O3. The molecule has 0 amide bonds. The maximum atomic E-state index is 9.40. The second-order valence-electron chi connectivity index (χ2n) is 3.33. The van der Waals surface area contributed by atoms with E-state index in [1.165, 1.54) is 0 Å². The van der Waals surface area contributed by atoms with Crippen LogP contribution in [0, 0.1) is 11.8 Å². The molecule has 3 N–H and O–H groups in total. The maximum absolute atomic E-state index is 9.40. The van der Waals surface area contributed by atoms with Gasteiger partial charge in [-0.15, -0.1) is 0 Å². The highest BCUT2D eigenvalue weighted by Crippen LogP contribution is 2.33. The van der Waals surface area contributed by atoms with Crippen LogP contribution in [0.3, 0.4) is 0 Å². The van der Waals surface area contributed by atoms with Gasteiger partial charge >= 0.3 is 0 Å². The van der Waals surface area contributed by atoms with Gasteiger partial charge in [-0.2, -0.15) is 0 Å². The molecule has 0 bridgehead atoms. The fourth-order valence-corrected chi connectivity index (χ4v) is 1.82. The highest BCUT2D eigenvalue weighted by Gasteiger charge is 2.39. The lowest BCUT2D eigenvalue weighted by atomic mass is 10.0. The minimum atomic E-state index is -0.718. The highest BCUT2D eigenvalue weighted by atomic mass is 16.3. The first-order chi connectivity index (χ1) is 5.20. The van der Waals surface area contributed by atoms with Crippen LogP contribution in [0.5, 0.6) is 0 Å². The second-order valence-corrected chi connectivity index (χ2v) is 3.33. The molecule has 1 rings (SSSR count). The Labute approximate surface area is 66.7 Å². The topological polar surface area (TPSA) is 60.7 Å². The van der Waals surface area contributed by atoms with Gasteiger partial charge in [0.25, 0.3) is 0 Å².